The zero-order valence-electron chi connectivity index (χ0n) is 7.13. The van der Waals surface area contributed by atoms with Crippen molar-refractivity contribution in [2.75, 3.05) is 0 Å². The van der Waals surface area contributed by atoms with Gasteiger partial charge in [0.15, 0.2) is 0 Å². The molecule has 0 aliphatic carbocycles. The molecular formula is C7H14O3Si. The molecule has 0 unspecified atom stereocenters. The molecule has 0 aliphatic heterocycles. The number of hydrogen-bond acceptors (Lipinski definition) is 2. The van der Waals surface area contributed by atoms with Crippen molar-refractivity contribution in [3.05, 3.63) is 12.3 Å². The van der Waals surface area contributed by atoms with Gasteiger partial charge in [-0.3, -0.25) is 0 Å². The molecule has 0 aromatic heterocycles. The lowest BCUT2D eigenvalue weighted by atomic mass is 10.7. The van der Waals surface area contributed by atoms with Crippen LogP contribution in [-0.2, 0) is 4.74 Å². The number of allylic oxidation sites excluding steroid dienone is 1. The van der Waals surface area contributed by atoms with Crippen molar-refractivity contribution in [1.29, 1.82) is 0 Å². The van der Waals surface area contributed by atoms with Gasteiger partial charge in [-0.15, -0.1) is 0 Å². The van der Waals surface area contributed by atoms with E-state index in [4.69, 9.17) is 5.11 Å². The maximum absolute atomic E-state index is 9.86. The first-order chi connectivity index (χ1) is 4.92. The Bertz CT molecular complexity index is 158. The smallest absolute Gasteiger partial charge is 0.449 e. The molecule has 0 saturated heterocycles. The normalized spacial score (nSPS) is 11.9. The highest BCUT2D eigenvalue weighted by molar-refractivity contribution is 6.76. The second kappa shape index (κ2) is 4.18. The van der Waals surface area contributed by atoms with E-state index < -0.39 is 14.2 Å². The molecule has 4 heteroatoms. The topological polar surface area (TPSA) is 46.5 Å². The fraction of sp³-hybridized carbons (Fsp3) is 0.571. The van der Waals surface area contributed by atoms with Crippen molar-refractivity contribution in [2.45, 2.75) is 25.7 Å². The molecule has 0 fully saturated rings. The van der Waals surface area contributed by atoms with Crippen molar-refractivity contribution in [1.82, 2.24) is 0 Å². The zero-order valence-corrected chi connectivity index (χ0v) is 8.13. The Kier molecular flexibility index (Phi) is 3.88. The maximum atomic E-state index is 9.86. The zero-order chi connectivity index (χ0) is 8.91. The largest absolute Gasteiger partial charge is 0.510 e. The van der Waals surface area contributed by atoms with Gasteiger partial charge < -0.3 is 9.84 Å². The van der Waals surface area contributed by atoms with Gasteiger partial charge in [-0.1, -0.05) is 25.7 Å². The molecule has 0 aromatic carbocycles. The monoisotopic (exact) mass is 174 g/mol. The van der Waals surface area contributed by atoms with Crippen LogP contribution in [0.25, 0.3) is 0 Å². The van der Waals surface area contributed by atoms with Crippen LogP contribution in [0.1, 0.15) is 0 Å². The summed E-state index contributed by atoms with van der Waals surface area (Å²) in [6.45, 7) is 6.62. The molecule has 3 nitrogen and oxygen atoms in total. The van der Waals surface area contributed by atoms with Crippen molar-refractivity contribution in [3.63, 3.8) is 0 Å². The van der Waals surface area contributed by atoms with Crippen LogP contribution in [0, 0.1) is 0 Å². The quantitative estimate of drug-likeness (QED) is 0.406. The van der Waals surface area contributed by atoms with Crippen LogP contribution in [0.5, 0.6) is 0 Å². The summed E-state index contributed by atoms with van der Waals surface area (Å²) in [4.78, 5) is 9.86. The van der Waals surface area contributed by atoms with E-state index in [9.17, 15) is 4.79 Å². The molecule has 0 aliphatic rings. The third-order valence-corrected chi connectivity index (χ3v) is 2.46. The third-order valence-electron chi connectivity index (χ3n) is 0.995. The minimum Gasteiger partial charge on any atom is -0.449 e. The molecule has 11 heavy (non-hydrogen) atoms. The summed E-state index contributed by atoms with van der Waals surface area (Å²) < 4.78 is 4.20. The Balaban J connectivity index is 3.53. The van der Waals surface area contributed by atoms with E-state index in [0.29, 0.717) is 0 Å². The summed E-state index contributed by atoms with van der Waals surface area (Å²) in [5.41, 5.74) is 0. The van der Waals surface area contributed by atoms with E-state index in [1.807, 2.05) is 0 Å². The predicted octanol–water partition coefficient (Wildman–Crippen LogP) is 2.53. The average molecular weight is 174 g/mol. The molecule has 0 amide bonds. The van der Waals surface area contributed by atoms with Gasteiger partial charge in [0.05, 0.1) is 6.26 Å². The molecule has 0 heterocycles. The minimum atomic E-state index is -1.25. The van der Waals surface area contributed by atoms with Crippen LogP contribution in [0.3, 0.4) is 0 Å². The lowest BCUT2D eigenvalue weighted by molar-refractivity contribution is 0.128. The summed E-state index contributed by atoms with van der Waals surface area (Å²) in [5.74, 6) is 0. The maximum Gasteiger partial charge on any atom is 0.510 e. The fourth-order valence-corrected chi connectivity index (χ4v) is 1.31. The Morgan fingerprint density at radius 1 is 1.55 bits per heavy atom. The fourth-order valence-electron chi connectivity index (χ4n) is 0.508. The number of ether oxygens (including phenoxy) is 1. The number of rotatable bonds is 3. The molecule has 0 rings (SSSR count). The van der Waals surface area contributed by atoms with Gasteiger partial charge in [0.25, 0.3) is 0 Å². The standard InChI is InChI=1S/C7H14O3Si/c1-11(2,3)6-4-5-10-7(8)9/h4-5H,6H2,1-3H3,(H,8,9). The first-order valence-electron chi connectivity index (χ1n) is 3.46. The molecule has 0 saturated carbocycles. The van der Waals surface area contributed by atoms with Crippen molar-refractivity contribution >= 4 is 14.2 Å². The van der Waals surface area contributed by atoms with Gasteiger partial charge in [-0.05, 0) is 6.04 Å². The van der Waals surface area contributed by atoms with E-state index in [-0.39, 0.29) is 0 Å². The van der Waals surface area contributed by atoms with E-state index in [1.54, 1.807) is 6.08 Å². The number of hydrogen-bond donors (Lipinski definition) is 1. The average Bonchev–Trinajstić information content (AvgIpc) is 1.78. The van der Waals surface area contributed by atoms with Gasteiger partial charge >= 0.3 is 6.16 Å². The molecule has 0 spiro atoms. The second-order valence-corrected chi connectivity index (χ2v) is 9.05. The molecule has 64 valence electrons. The van der Waals surface area contributed by atoms with Crippen LogP contribution >= 0.6 is 0 Å². The van der Waals surface area contributed by atoms with Gasteiger partial charge in [-0.2, -0.15) is 0 Å². The highest BCUT2D eigenvalue weighted by Crippen LogP contribution is 2.08. The number of carbonyl (C=O) groups is 1. The summed E-state index contributed by atoms with van der Waals surface area (Å²) in [6.07, 6.45) is 1.75. The lowest BCUT2D eigenvalue weighted by Crippen LogP contribution is -2.17. The molecule has 0 atom stereocenters. The van der Waals surface area contributed by atoms with Crippen LogP contribution in [0.2, 0.25) is 25.7 Å². The van der Waals surface area contributed by atoms with Crippen LogP contribution in [0.4, 0.5) is 4.79 Å². The van der Waals surface area contributed by atoms with E-state index >= 15 is 0 Å². The lowest BCUT2D eigenvalue weighted by Gasteiger charge is -2.10. The number of carboxylic acid groups (broad SMARTS) is 1. The van der Waals surface area contributed by atoms with Crippen molar-refractivity contribution in [2.24, 2.45) is 0 Å². The van der Waals surface area contributed by atoms with Crippen molar-refractivity contribution in [3.8, 4) is 0 Å². The van der Waals surface area contributed by atoms with Gasteiger partial charge in [0, 0.05) is 8.07 Å². The van der Waals surface area contributed by atoms with E-state index in [1.165, 1.54) is 6.26 Å². The Labute approximate surface area is 67.7 Å². The minimum absolute atomic E-state index is 0.945. The SMILES string of the molecule is C[Si](C)(C)CC=COC(=O)O. The van der Waals surface area contributed by atoms with E-state index in [0.717, 1.165) is 6.04 Å². The van der Waals surface area contributed by atoms with Gasteiger partial charge in [-0.25, -0.2) is 4.79 Å². The summed E-state index contributed by atoms with van der Waals surface area (Å²) in [5, 5.41) is 8.08. The third kappa shape index (κ3) is 9.23. The highest BCUT2D eigenvalue weighted by Gasteiger charge is 2.09. The highest BCUT2D eigenvalue weighted by atomic mass is 28.3. The van der Waals surface area contributed by atoms with Gasteiger partial charge in [0.2, 0.25) is 0 Å². The van der Waals surface area contributed by atoms with Crippen molar-refractivity contribution < 1.29 is 14.6 Å². The Morgan fingerprint density at radius 2 is 2.09 bits per heavy atom. The Hall–Kier alpha value is -0.773. The summed E-state index contributed by atoms with van der Waals surface area (Å²) in [7, 11) is -1.09. The predicted molar refractivity (Wildman–Crippen MR) is 46.4 cm³/mol. The first-order valence-corrected chi connectivity index (χ1v) is 7.17. The second-order valence-electron chi connectivity index (χ2n) is 3.52. The van der Waals surface area contributed by atoms with Crippen LogP contribution < -0.4 is 0 Å². The summed E-state index contributed by atoms with van der Waals surface area (Å²) in [6, 6.07) is 0.945. The molecule has 1 N–H and O–H groups in total. The molecule has 0 radical (unpaired) electrons. The first kappa shape index (κ1) is 10.2. The Morgan fingerprint density at radius 3 is 2.45 bits per heavy atom. The summed E-state index contributed by atoms with van der Waals surface area (Å²) >= 11 is 0. The molecular weight excluding hydrogens is 160 g/mol. The van der Waals surface area contributed by atoms with Crippen LogP contribution in [-0.4, -0.2) is 19.3 Å². The van der Waals surface area contributed by atoms with Crippen LogP contribution in [0.15, 0.2) is 12.3 Å². The molecule has 0 aromatic rings. The molecule has 0 bridgehead atoms. The van der Waals surface area contributed by atoms with Gasteiger partial charge in [0.1, 0.15) is 0 Å². The van der Waals surface area contributed by atoms with E-state index in [2.05, 4.69) is 24.4 Å².